The molecule has 1 aromatic carbocycles. The van der Waals surface area contributed by atoms with E-state index in [4.69, 9.17) is 11.5 Å². The van der Waals surface area contributed by atoms with Gasteiger partial charge in [-0.25, -0.2) is 4.98 Å². The van der Waals surface area contributed by atoms with Crippen molar-refractivity contribution in [1.82, 2.24) is 9.38 Å². The van der Waals surface area contributed by atoms with Crippen molar-refractivity contribution in [3.8, 4) is 0 Å². The van der Waals surface area contributed by atoms with Crippen LogP contribution in [0.4, 0.5) is 5.69 Å². The number of carbonyl (C=O) groups excluding carboxylic acids is 1. The maximum absolute atomic E-state index is 12.3. The number of nitrogens with zero attached hydrogens (tertiary/aromatic N) is 4. The molecule has 8 nitrogen and oxygen atoms in total. The summed E-state index contributed by atoms with van der Waals surface area (Å²) in [7, 11) is 0. The van der Waals surface area contributed by atoms with E-state index in [1.54, 1.807) is 29.7 Å². The number of pyridine rings is 1. The van der Waals surface area contributed by atoms with Crippen molar-refractivity contribution in [3.63, 3.8) is 0 Å². The Bertz CT molecular complexity index is 933. The Morgan fingerprint density at radius 1 is 1.12 bits per heavy atom. The Balaban J connectivity index is 1.73. The van der Waals surface area contributed by atoms with Crippen LogP contribution in [0.25, 0.3) is 5.65 Å². The number of nitrogens with two attached hydrogens (primary N) is 2. The molecule has 3 rings (SSSR count). The average molecular weight is 335 g/mol. The Morgan fingerprint density at radius 2 is 1.88 bits per heavy atom. The van der Waals surface area contributed by atoms with Crippen LogP contribution in [-0.2, 0) is 0 Å². The van der Waals surface area contributed by atoms with E-state index >= 15 is 0 Å². The maximum Gasteiger partial charge on any atom is 0.275 e. The number of aromatic nitrogens is 2. The normalized spacial score (nSPS) is 11.3. The fourth-order valence-corrected chi connectivity index (χ4v) is 2.22. The van der Waals surface area contributed by atoms with E-state index in [-0.39, 0.29) is 11.9 Å². The number of imidazole rings is 1. The van der Waals surface area contributed by atoms with Crippen LogP contribution in [0.15, 0.2) is 65.1 Å². The Kier molecular flexibility index (Phi) is 4.42. The van der Waals surface area contributed by atoms with Crippen LogP contribution in [-0.4, -0.2) is 27.0 Å². The first kappa shape index (κ1) is 16.2. The van der Waals surface area contributed by atoms with Crippen LogP contribution in [0.1, 0.15) is 23.0 Å². The molecule has 0 aliphatic carbocycles. The second-order valence-corrected chi connectivity index (χ2v) is 5.33. The van der Waals surface area contributed by atoms with Crippen LogP contribution in [0, 0.1) is 0 Å². The van der Waals surface area contributed by atoms with Crippen molar-refractivity contribution >= 4 is 28.9 Å². The summed E-state index contributed by atoms with van der Waals surface area (Å²) >= 11 is 0. The minimum absolute atomic E-state index is 0.101. The highest BCUT2D eigenvalue weighted by atomic mass is 16.1. The van der Waals surface area contributed by atoms with Crippen LogP contribution in [0.5, 0.6) is 0 Å². The van der Waals surface area contributed by atoms with Gasteiger partial charge in [-0.2, -0.15) is 5.10 Å². The molecular formula is C17H17N7O. The lowest BCUT2D eigenvalue weighted by Gasteiger charge is -2.04. The van der Waals surface area contributed by atoms with E-state index in [1.165, 1.54) is 0 Å². The minimum Gasteiger partial charge on any atom is -0.369 e. The molecule has 0 unspecified atom stereocenters. The molecule has 0 saturated carbocycles. The molecule has 0 atom stereocenters. The van der Waals surface area contributed by atoms with E-state index < -0.39 is 0 Å². The largest absolute Gasteiger partial charge is 0.369 e. The zero-order chi connectivity index (χ0) is 17.8. The molecule has 0 fully saturated rings. The summed E-state index contributed by atoms with van der Waals surface area (Å²) in [4.78, 5) is 16.6. The number of benzene rings is 1. The van der Waals surface area contributed by atoms with Crippen molar-refractivity contribution in [2.24, 2.45) is 21.7 Å². The first-order valence-electron chi connectivity index (χ1n) is 7.51. The van der Waals surface area contributed by atoms with Gasteiger partial charge in [-0.3, -0.25) is 4.79 Å². The second kappa shape index (κ2) is 6.83. The molecule has 0 aliphatic rings. The highest BCUT2D eigenvalue weighted by Gasteiger charge is 2.11. The SMILES string of the molecule is CC(=NN=C(N)N)c1ccc(NC(=O)c2cn3ccccc3n2)cc1. The van der Waals surface area contributed by atoms with Crippen LogP contribution >= 0.6 is 0 Å². The lowest BCUT2D eigenvalue weighted by atomic mass is 10.1. The van der Waals surface area contributed by atoms with Gasteiger partial charge in [0, 0.05) is 18.1 Å². The van der Waals surface area contributed by atoms with Gasteiger partial charge in [0.15, 0.2) is 0 Å². The minimum atomic E-state index is -0.276. The van der Waals surface area contributed by atoms with Crippen molar-refractivity contribution in [1.29, 1.82) is 0 Å². The molecule has 0 saturated heterocycles. The van der Waals surface area contributed by atoms with E-state index in [1.807, 2.05) is 36.5 Å². The summed E-state index contributed by atoms with van der Waals surface area (Å²) in [5.74, 6) is -0.377. The van der Waals surface area contributed by atoms with E-state index in [0.29, 0.717) is 17.1 Å². The van der Waals surface area contributed by atoms with Gasteiger partial charge in [0.1, 0.15) is 11.3 Å². The van der Waals surface area contributed by atoms with Gasteiger partial charge < -0.3 is 21.2 Å². The van der Waals surface area contributed by atoms with Crippen molar-refractivity contribution in [3.05, 3.63) is 66.1 Å². The second-order valence-electron chi connectivity index (χ2n) is 5.33. The summed E-state index contributed by atoms with van der Waals surface area (Å²) in [5, 5.41) is 10.3. The number of fused-ring (bicyclic) bond motifs is 1. The molecule has 0 radical (unpaired) electrons. The molecule has 0 spiro atoms. The first-order chi connectivity index (χ1) is 12.0. The molecule has 126 valence electrons. The number of amides is 1. The third-order valence-electron chi connectivity index (χ3n) is 3.47. The van der Waals surface area contributed by atoms with Gasteiger partial charge in [-0.05, 0) is 36.8 Å². The van der Waals surface area contributed by atoms with E-state index in [0.717, 1.165) is 11.2 Å². The molecule has 5 N–H and O–H groups in total. The van der Waals surface area contributed by atoms with Gasteiger partial charge in [0.2, 0.25) is 5.96 Å². The zero-order valence-corrected chi connectivity index (χ0v) is 13.5. The quantitative estimate of drug-likeness (QED) is 0.380. The highest BCUT2D eigenvalue weighted by molar-refractivity contribution is 6.04. The third-order valence-corrected chi connectivity index (χ3v) is 3.47. The number of guanidine groups is 1. The molecule has 0 bridgehead atoms. The van der Waals surface area contributed by atoms with Crippen molar-refractivity contribution < 1.29 is 4.79 Å². The van der Waals surface area contributed by atoms with Gasteiger partial charge in [-0.1, -0.05) is 18.2 Å². The smallest absolute Gasteiger partial charge is 0.275 e. The lowest BCUT2D eigenvalue weighted by Crippen LogP contribution is -2.22. The predicted octanol–water partition coefficient (Wildman–Crippen LogP) is 1.58. The summed E-state index contributed by atoms with van der Waals surface area (Å²) in [5.41, 5.74) is 13.7. The van der Waals surface area contributed by atoms with Crippen molar-refractivity contribution in [2.45, 2.75) is 6.92 Å². The Labute approximate surface area is 143 Å². The molecule has 3 aromatic rings. The number of nitrogens with one attached hydrogen (secondary N) is 1. The van der Waals surface area contributed by atoms with Crippen LogP contribution < -0.4 is 16.8 Å². The van der Waals surface area contributed by atoms with E-state index in [9.17, 15) is 4.79 Å². The topological polar surface area (TPSA) is 123 Å². The fourth-order valence-electron chi connectivity index (χ4n) is 2.22. The number of anilines is 1. The summed E-state index contributed by atoms with van der Waals surface area (Å²) < 4.78 is 1.79. The Morgan fingerprint density at radius 3 is 2.56 bits per heavy atom. The molecular weight excluding hydrogens is 318 g/mol. The molecule has 8 heteroatoms. The van der Waals surface area contributed by atoms with Crippen LogP contribution in [0.3, 0.4) is 0 Å². The molecule has 0 aliphatic heterocycles. The highest BCUT2D eigenvalue weighted by Crippen LogP contribution is 2.13. The van der Waals surface area contributed by atoms with Gasteiger partial charge >= 0.3 is 0 Å². The molecule has 1 amide bonds. The fraction of sp³-hybridized carbons (Fsp3) is 0.0588. The van der Waals surface area contributed by atoms with E-state index in [2.05, 4.69) is 20.5 Å². The summed E-state index contributed by atoms with van der Waals surface area (Å²) in [6, 6.07) is 12.8. The third kappa shape index (κ3) is 3.81. The number of carbonyl (C=O) groups is 1. The first-order valence-corrected chi connectivity index (χ1v) is 7.51. The van der Waals surface area contributed by atoms with Gasteiger partial charge in [0.05, 0.1) is 5.71 Å². The van der Waals surface area contributed by atoms with Gasteiger partial charge in [0.25, 0.3) is 5.91 Å². The molecule has 2 heterocycles. The predicted molar refractivity (Wildman–Crippen MR) is 97.6 cm³/mol. The lowest BCUT2D eigenvalue weighted by molar-refractivity contribution is 0.102. The zero-order valence-electron chi connectivity index (χ0n) is 13.5. The summed E-state index contributed by atoms with van der Waals surface area (Å²) in [6.07, 6.45) is 3.53. The number of hydrogen-bond donors (Lipinski definition) is 3. The van der Waals surface area contributed by atoms with Crippen molar-refractivity contribution in [2.75, 3.05) is 5.32 Å². The summed E-state index contributed by atoms with van der Waals surface area (Å²) in [6.45, 7) is 1.79. The average Bonchev–Trinajstić information content (AvgIpc) is 3.04. The molecule has 2 aromatic heterocycles. The molecule has 25 heavy (non-hydrogen) atoms. The number of hydrogen-bond acceptors (Lipinski definition) is 4. The van der Waals surface area contributed by atoms with Gasteiger partial charge in [-0.15, -0.1) is 5.10 Å². The number of rotatable bonds is 4. The van der Waals surface area contributed by atoms with Crippen LogP contribution in [0.2, 0.25) is 0 Å². The monoisotopic (exact) mass is 335 g/mol. The standard InChI is InChI=1S/C17H17N7O/c1-11(22-23-17(18)19)12-5-7-13(8-6-12)20-16(25)14-10-24-9-3-2-4-15(24)21-14/h2-10H,1H3,(H,20,25)(H4,18,19,23). The maximum atomic E-state index is 12.3. The Hall–Kier alpha value is -3.68.